The van der Waals surface area contributed by atoms with Gasteiger partial charge in [0.25, 0.3) is 0 Å². The maximum Gasteiger partial charge on any atom is 0.0809 e. The fourth-order valence-electron chi connectivity index (χ4n) is 3.82. The molecule has 5 atom stereocenters. The lowest BCUT2D eigenvalue weighted by Crippen LogP contribution is -2.28. The molecule has 0 aromatic heterocycles. The van der Waals surface area contributed by atoms with Gasteiger partial charge in [0.2, 0.25) is 0 Å². The Balaban J connectivity index is 1.52. The molecule has 3 aliphatic heterocycles. The van der Waals surface area contributed by atoms with Crippen LogP contribution in [0.25, 0.3) is 0 Å². The molecule has 2 saturated heterocycles. The SMILES string of the molecule is C[C@@H](c1ccccc1)N1CC2C3C=CC(O3)C2C1. The highest BCUT2D eigenvalue weighted by Gasteiger charge is 2.51. The lowest BCUT2D eigenvalue weighted by Gasteiger charge is -2.26. The maximum atomic E-state index is 5.94. The summed E-state index contributed by atoms with van der Waals surface area (Å²) < 4.78 is 5.94. The molecule has 0 amide bonds. The second-order valence-corrected chi connectivity index (χ2v) is 5.82. The van der Waals surface area contributed by atoms with Crippen LogP contribution in [0.5, 0.6) is 0 Å². The first-order valence-electron chi connectivity index (χ1n) is 6.96. The third-order valence-electron chi connectivity index (χ3n) is 4.92. The van der Waals surface area contributed by atoms with Crippen LogP contribution in [0.15, 0.2) is 42.5 Å². The van der Waals surface area contributed by atoms with Crippen LogP contribution in [0.1, 0.15) is 18.5 Å². The third-order valence-corrected chi connectivity index (χ3v) is 4.92. The molecular formula is C16H19NO. The summed E-state index contributed by atoms with van der Waals surface area (Å²) in [7, 11) is 0. The van der Waals surface area contributed by atoms with E-state index in [1.54, 1.807) is 0 Å². The molecule has 3 heterocycles. The molecule has 4 rings (SSSR count). The lowest BCUT2D eigenvalue weighted by molar-refractivity contribution is 0.0789. The van der Waals surface area contributed by atoms with E-state index >= 15 is 0 Å². The van der Waals surface area contributed by atoms with Crippen molar-refractivity contribution in [2.75, 3.05) is 13.1 Å². The Bertz CT molecular complexity index is 449. The summed E-state index contributed by atoms with van der Waals surface area (Å²) in [5.41, 5.74) is 1.43. The minimum absolute atomic E-state index is 0.396. The average molecular weight is 241 g/mol. The Morgan fingerprint density at radius 2 is 1.67 bits per heavy atom. The van der Waals surface area contributed by atoms with E-state index in [9.17, 15) is 0 Å². The predicted molar refractivity (Wildman–Crippen MR) is 71.2 cm³/mol. The van der Waals surface area contributed by atoms with Crippen LogP contribution in [0.3, 0.4) is 0 Å². The maximum absolute atomic E-state index is 5.94. The first kappa shape index (κ1) is 10.8. The Labute approximate surface area is 108 Å². The largest absolute Gasteiger partial charge is 0.366 e. The Kier molecular flexibility index (Phi) is 2.36. The van der Waals surface area contributed by atoms with E-state index in [4.69, 9.17) is 4.74 Å². The minimum Gasteiger partial charge on any atom is -0.366 e. The summed E-state index contributed by atoms with van der Waals surface area (Å²) >= 11 is 0. The second-order valence-electron chi connectivity index (χ2n) is 5.82. The van der Waals surface area contributed by atoms with E-state index in [0.717, 1.165) is 11.8 Å². The molecule has 3 aliphatic rings. The number of benzene rings is 1. The lowest BCUT2D eigenvalue weighted by atomic mass is 9.86. The molecule has 0 spiro atoms. The van der Waals surface area contributed by atoms with Crippen LogP contribution in [-0.4, -0.2) is 30.2 Å². The number of nitrogens with zero attached hydrogens (tertiary/aromatic N) is 1. The minimum atomic E-state index is 0.396. The van der Waals surface area contributed by atoms with Crippen molar-refractivity contribution in [3.05, 3.63) is 48.0 Å². The van der Waals surface area contributed by atoms with Crippen molar-refractivity contribution in [2.24, 2.45) is 11.8 Å². The standard InChI is InChI=1S/C16H19NO/c1-11(12-5-3-2-4-6-12)17-9-13-14(10-17)16-8-7-15(13)18-16/h2-8,11,13-16H,9-10H2,1H3/t11-,13?,14?,15?,16?/m0/s1. The zero-order chi connectivity index (χ0) is 12.1. The van der Waals surface area contributed by atoms with Crippen LogP contribution in [0.4, 0.5) is 0 Å². The summed E-state index contributed by atoms with van der Waals surface area (Å²) in [6.45, 7) is 4.70. The number of rotatable bonds is 2. The highest BCUT2D eigenvalue weighted by atomic mass is 16.5. The number of likely N-dealkylation sites (tertiary alicyclic amines) is 1. The van der Waals surface area contributed by atoms with Crippen LogP contribution in [0, 0.1) is 11.8 Å². The van der Waals surface area contributed by atoms with Gasteiger partial charge < -0.3 is 4.74 Å². The van der Waals surface area contributed by atoms with Gasteiger partial charge in [-0.1, -0.05) is 42.5 Å². The van der Waals surface area contributed by atoms with Gasteiger partial charge in [0.05, 0.1) is 12.2 Å². The van der Waals surface area contributed by atoms with E-state index in [1.165, 1.54) is 18.7 Å². The van der Waals surface area contributed by atoms with Gasteiger partial charge in [0, 0.05) is 31.0 Å². The quantitative estimate of drug-likeness (QED) is 0.738. The molecule has 0 saturated carbocycles. The molecule has 2 nitrogen and oxygen atoms in total. The highest BCUT2D eigenvalue weighted by molar-refractivity contribution is 5.21. The van der Waals surface area contributed by atoms with Gasteiger partial charge in [-0.15, -0.1) is 0 Å². The Morgan fingerprint density at radius 1 is 1.06 bits per heavy atom. The van der Waals surface area contributed by atoms with E-state index in [1.807, 2.05) is 0 Å². The topological polar surface area (TPSA) is 12.5 Å². The molecule has 1 aromatic carbocycles. The van der Waals surface area contributed by atoms with Gasteiger partial charge in [-0.05, 0) is 12.5 Å². The number of hydrogen-bond donors (Lipinski definition) is 0. The van der Waals surface area contributed by atoms with Crippen molar-refractivity contribution in [3.63, 3.8) is 0 Å². The summed E-state index contributed by atoms with van der Waals surface area (Å²) in [6.07, 6.45) is 5.33. The van der Waals surface area contributed by atoms with Crippen molar-refractivity contribution < 1.29 is 4.74 Å². The summed E-state index contributed by atoms with van der Waals surface area (Å²) in [4.78, 5) is 2.63. The molecule has 1 aromatic rings. The number of hydrogen-bond acceptors (Lipinski definition) is 2. The first-order chi connectivity index (χ1) is 8.83. The average Bonchev–Trinajstić information content (AvgIpc) is 3.10. The van der Waals surface area contributed by atoms with Crippen LogP contribution >= 0.6 is 0 Å². The van der Waals surface area contributed by atoms with Crippen molar-refractivity contribution in [1.29, 1.82) is 0 Å². The molecule has 2 fully saturated rings. The van der Waals surface area contributed by atoms with Crippen molar-refractivity contribution in [2.45, 2.75) is 25.2 Å². The monoisotopic (exact) mass is 241 g/mol. The van der Waals surface area contributed by atoms with Gasteiger partial charge >= 0.3 is 0 Å². The van der Waals surface area contributed by atoms with Crippen molar-refractivity contribution in [1.82, 2.24) is 4.90 Å². The van der Waals surface area contributed by atoms with E-state index in [0.29, 0.717) is 18.2 Å². The number of fused-ring (bicyclic) bond motifs is 5. The zero-order valence-electron chi connectivity index (χ0n) is 10.7. The molecule has 94 valence electrons. The second kappa shape index (κ2) is 3.94. The highest BCUT2D eigenvalue weighted by Crippen LogP contribution is 2.45. The van der Waals surface area contributed by atoms with Gasteiger partial charge in [-0.2, -0.15) is 0 Å². The zero-order valence-corrected chi connectivity index (χ0v) is 10.7. The third kappa shape index (κ3) is 1.49. The van der Waals surface area contributed by atoms with Crippen LogP contribution in [0.2, 0.25) is 0 Å². The molecule has 0 N–H and O–H groups in total. The predicted octanol–water partition coefficient (Wildman–Crippen LogP) is 2.63. The molecule has 0 radical (unpaired) electrons. The van der Waals surface area contributed by atoms with Crippen LogP contribution in [-0.2, 0) is 4.74 Å². The van der Waals surface area contributed by atoms with Gasteiger partial charge in [-0.3, -0.25) is 4.90 Å². The van der Waals surface area contributed by atoms with Gasteiger partial charge in [0.1, 0.15) is 0 Å². The number of ether oxygens (including phenoxy) is 1. The molecule has 4 unspecified atom stereocenters. The normalized spacial score (nSPS) is 39.2. The van der Waals surface area contributed by atoms with Gasteiger partial charge in [-0.25, -0.2) is 0 Å². The van der Waals surface area contributed by atoms with Crippen molar-refractivity contribution in [3.8, 4) is 0 Å². The molecule has 2 bridgehead atoms. The smallest absolute Gasteiger partial charge is 0.0809 e. The fraction of sp³-hybridized carbons (Fsp3) is 0.500. The van der Waals surface area contributed by atoms with Gasteiger partial charge in [0.15, 0.2) is 0 Å². The van der Waals surface area contributed by atoms with E-state index in [-0.39, 0.29) is 0 Å². The summed E-state index contributed by atoms with van der Waals surface area (Å²) in [5.74, 6) is 1.46. The summed E-state index contributed by atoms with van der Waals surface area (Å²) in [6, 6.07) is 11.4. The fourth-order valence-corrected chi connectivity index (χ4v) is 3.82. The van der Waals surface area contributed by atoms with E-state index in [2.05, 4.69) is 54.3 Å². The Hall–Kier alpha value is -1.12. The van der Waals surface area contributed by atoms with Crippen LogP contribution < -0.4 is 0 Å². The molecule has 18 heavy (non-hydrogen) atoms. The molecular weight excluding hydrogens is 222 g/mol. The summed E-state index contributed by atoms with van der Waals surface area (Å²) in [5, 5.41) is 0. The Morgan fingerprint density at radius 3 is 2.28 bits per heavy atom. The molecule has 0 aliphatic carbocycles. The molecule has 2 heteroatoms. The van der Waals surface area contributed by atoms with E-state index < -0.39 is 0 Å². The van der Waals surface area contributed by atoms with Crippen molar-refractivity contribution >= 4 is 0 Å². The first-order valence-corrected chi connectivity index (χ1v) is 6.96.